The first-order chi connectivity index (χ1) is 12.2. The molecule has 1 heterocycles. The number of hydrogen-bond donors (Lipinski definition) is 2. The molecule has 1 aliphatic carbocycles. The van der Waals surface area contributed by atoms with E-state index in [1.165, 1.54) is 0 Å². The first kappa shape index (κ1) is 16.2. The van der Waals surface area contributed by atoms with Crippen LogP contribution in [0.15, 0.2) is 48.5 Å². The molecule has 2 N–H and O–H groups in total. The van der Waals surface area contributed by atoms with Crippen LogP contribution in [0.2, 0.25) is 0 Å². The summed E-state index contributed by atoms with van der Waals surface area (Å²) in [6.07, 6.45) is 3.66. The second-order valence-corrected chi connectivity index (χ2v) is 6.96. The van der Waals surface area contributed by atoms with Gasteiger partial charge in [0, 0.05) is 23.5 Å². The summed E-state index contributed by atoms with van der Waals surface area (Å²) in [5.74, 6) is 1.60. The van der Waals surface area contributed by atoms with Crippen LogP contribution in [0.4, 0.5) is 0 Å². The van der Waals surface area contributed by atoms with Gasteiger partial charge >= 0.3 is 0 Å². The van der Waals surface area contributed by atoms with Crippen LogP contribution in [0.3, 0.4) is 0 Å². The van der Waals surface area contributed by atoms with E-state index < -0.39 is 6.10 Å². The summed E-state index contributed by atoms with van der Waals surface area (Å²) in [6, 6.07) is 15.7. The van der Waals surface area contributed by atoms with Crippen LogP contribution in [0, 0.1) is 0 Å². The van der Waals surface area contributed by atoms with Crippen molar-refractivity contribution < 1.29 is 14.6 Å². The predicted molar refractivity (Wildman–Crippen MR) is 95.8 cm³/mol. The van der Waals surface area contributed by atoms with Crippen LogP contribution in [0.25, 0.3) is 0 Å². The number of nitrogens with one attached hydrogen (secondary N) is 1. The third kappa shape index (κ3) is 3.27. The molecule has 1 fully saturated rings. The van der Waals surface area contributed by atoms with Crippen molar-refractivity contribution in [1.29, 1.82) is 0 Å². The fourth-order valence-corrected chi connectivity index (χ4v) is 3.96. The van der Waals surface area contributed by atoms with E-state index in [0.717, 1.165) is 48.3 Å². The molecule has 0 aromatic heterocycles. The first-order valence-corrected chi connectivity index (χ1v) is 9.05. The van der Waals surface area contributed by atoms with Crippen molar-refractivity contribution in [3.05, 3.63) is 59.7 Å². The number of carbonyl (C=O) groups excluding carboxylic acids is 1. The summed E-state index contributed by atoms with van der Waals surface area (Å²) in [5, 5.41) is 13.2. The summed E-state index contributed by atoms with van der Waals surface area (Å²) in [5.41, 5.74) is 2.08. The Kier molecular flexibility index (Phi) is 4.45. The highest BCUT2D eigenvalue weighted by molar-refractivity contribution is 5.78. The highest BCUT2D eigenvalue weighted by atomic mass is 16.5. The van der Waals surface area contributed by atoms with Crippen molar-refractivity contribution >= 4 is 5.91 Å². The lowest BCUT2D eigenvalue weighted by atomic mass is 9.85. The largest absolute Gasteiger partial charge is 0.457 e. The molecule has 2 atom stereocenters. The molecule has 0 spiro atoms. The van der Waals surface area contributed by atoms with E-state index >= 15 is 0 Å². The maximum absolute atomic E-state index is 12.7. The molecule has 25 heavy (non-hydrogen) atoms. The first-order valence-electron chi connectivity index (χ1n) is 9.05. The van der Waals surface area contributed by atoms with Crippen molar-refractivity contribution in [1.82, 2.24) is 5.32 Å². The van der Waals surface area contributed by atoms with E-state index in [4.69, 9.17) is 4.74 Å². The van der Waals surface area contributed by atoms with Gasteiger partial charge in [-0.2, -0.15) is 0 Å². The quantitative estimate of drug-likeness (QED) is 0.897. The Hall–Kier alpha value is -2.33. The minimum absolute atomic E-state index is 0.0116. The fraction of sp³-hybridized carbons (Fsp3) is 0.381. The lowest BCUT2D eigenvalue weighted by Gasteiger charge is -2.31. The van der Waals surface area contributed by atoms with Gasteiger partial charge in [0.2, 0.25) is 5.91 Å². The number of rotatable bonds is 3. The monoisotopic (exact) mass is 337 g/mol. The molecule has 2 aromatic rings. The smallest absolute Gasteiger partial charge is 0.221 e. The SMILES string of the molecule is O=C(CC1c2ccccc2Oc2ccccc21)N[C@@H]1CCCC[C@H]1O. The molecule has 2 aromatic carbocycles. The molecule has 1 aliphatic heterocycles. The maximum Gasteiger partial charge on any atom is 0.221 e. The molecule has 2 aliphatic rings. The lowest BCUT2D eigenvalue weighted by molar-refractivity contribution is -0.123. The van der Waals surface area contributed by atoms with Crippen LogP contribution < -0.4 is 10.1 Å². The van der Waals surface area contributed by atoms with E-state index in [0.29, 0.717) is 6.42 Å². The van der Waals surface area contributed by atoms with Gasteiger partial charge in [-0.1, -0.05) is 49.2 Å². The van der Waals surface area contributed by atoms with Gasteiger partial charge in [0.1, 0.15) is 11.5 Å². The van der Waals surface area contributed by atoms with Gasteiger partial charge in [0.25, 0.3) is 0 Å². The minimum Gasteiger partial charge on any atom is -0.457 e. The second-order valence-electron chi connectivity index (χ2n) is 6.96. The Labute approximate surface area is 147 Å². The second kappa shape index (κ2) is 6.89. The van der Waals surface area contributed by atoms with Crippen molar-refractivity contribution in [3.63, 3.8) is 0 Å². The summed E-state index contributed by atoms with van der Waals surface area (Å²) >= 11 is 0. The summed E-state index contributed by atoms with van der Waals surface area (Å²) in [7, 11) is 0. The zero-order valence-corrected chi connectivity index (χ0v) is 14.2. The Balaban J connectivity index is 1.56. The Bertz CT molecular complexity index is 728. The molecule has 4 rings (SSSR count). The number of ether oxygens (including phenoxy) is 1. The molecular weight excluding hydrogens is 314 g/mol. The zero-order valence-electron chi connectivity index (χ0n) is 14.2. The highest BCUT2D eigenvalue weighted by Gasteiger charge is 2.30. The molecule has 0 bridgehead atoms. The number of fused-ring (bicyclic) bond motifs is 2. The van der Waals surface area contributed by atoms with Crippen LogP contribution in [-0.4, -0.2) is 23.2 Å². The summed E-state index contributed by atoms with van der Waals surface area (Å²) in [6.45, 7) is 0. The Morgan fingerprint density at radius 3 is 2.24 bits per heavy atom. The van der Waals surface area contributed by atoms with Gasteiger partial charge in [-0.25, -0.2) is 0 Å². The van der Waals surface area contributed by atoms with Gasteiger partial charge in [0.05, 0.1) is 12.1 Å². The summed E-state index contributed by atoms with van der Waals surface area (Å²) in [4.78, 5) is 12.7. The molecule has 1 amide bonds. The molecular formula is C21H23NO3. The number of para-hydroxylation sites is 2. The Morgan fingerprint density at radius 2 is 1.60 bits per heavy atom. The zero-order chi connectivity index (χ0) is 17.2. The average Bonchev–Trinajstić information content (AvgIpc) is 2.63. The number of aliphatic hydroxyl groups excluding tert-OH is 1. The molecule has 4 heteroatoms. The standard InChI is InChI=1S/C21H23NO3/c23-18-10-4-3-9-17(18)22-21(24)13-16-14-7-1-5-11-19(14)25-20-12-6-2-8-15(16)20/h1-2,5-8,11-12,16-18,23H,3-4,9-10,13H2,(H,22,24)/t17-,18-/m1/s1. The molecule has 0 saturated heterocycles. The average molecular weight is 337 g/mol. The minimum atomic E-state index is -0.424. The van der Waals surface area contributed by atoms with Crippen LogP contribution in [-0.2, 0) is 4.79 Å². The van der Waals surface area contributed by atoms with Gasteiger partial charge in [0.15, 0.2) is 0 Å². The number of amides is 1. The normalized spacial score (nSPS) is 22.4. The van der Waals surface area contributed by atoms with Crippen LogP contribution in [0.1, 0.15) is 49.1 Å². The van der Waals surface area contributed by atoms with Crippen LogP contribution >= 0.6 is 0 Å². The maximum atomic E-state index is 12.7. The molecule has 0 radical (unpaired) electrons. The third-order valence-electron chi connectivity index (χ3n) is 5.27. The van der Waals surface area contributed by atoms with E-state index in [1.807, 2.05) is 48.5 Å². The predicted octanol–water partition coefficient (Wildman–Crippen LogP) is 3.73. The van der Waals surface area contributed by atoms with E-state index in [-0.39, 0.29) is 17.9 Å². The van der Waals surface area contributed by atoms with Crippen LogP contribution in [0.5, 0.6) is 11.5 Å². The number of benzene rings is 2. The van der Waals surface area contributed by atoms with Crippen molar-refractivity contribution in [2.45, 2.75) is 50.2 Å². The van der Waals surface area contributed by atoms with Crippen molar-refractivity contribution in [3.8, 4) is 11.5 Å². The van der Waals surface area contributed by atoms with Crippen molar-refractivity contribution in [2.24, 2.45) is 0 Å². The van der Waals surface area contributed by atoms with Gasteiger partial charge < -0.3 is 15.2 Å². The van der Waals surface area contributed by atoms with E-state index in [9.17, 15) is 9.90 Å². The fourth-order valence-electron chi connectivity index (χ4n) is 3.96. The Morgan fingerprint density at radius 1 is 1.00 bits per heavy atom. The number of carbonyl (C=O) groups is 1. The number of aliphatic hydroxyl groups is 1. The van der Waals surface area contributed by atoms with Gasteiger partial charge in [-0.15, -0.1) is 0 Å². The van der Waals surface area contributed by atoms with E-state index in [1.54, 1.807) is 0 Å². The molecule has 4 nitrogen and oxygen atoms in total. The van der Waals surface area contributed by atoms with Gasteiger partial charge in [-0.05, 0) is 25.0 Å². The number of hydrogen-bond acceptors (Lipinski definition) is 3. The third-order valence-corrected chi connectivity index (χ3v) is 5.27. The molecule has 0 unspecified atom stereocenters. The van der Waals surface area contributed by atoms with E-state index in [2.05, 4.69) is 5.32 Å². The van der Waals surface area contributed by atoms with Crippen molar-refractivity contribution in [2.75, 3.05) is 0 Å². The topological polar surface area (TPSA) is 58.6 Å². The molecule has 1 saturated carbocycles. The van der Waals surface area contributed by atoms with Gasteiger partial charge in [-0.3, -0.25) is 4.79 Å². The highest BCUT2D eigenvalue weighted by Crippen LogP contribution is 2.45. The summed E-state index contributed by atoms with van der Waals surface area (Å²) < 4.78 is 5.98. The lowest BCUT2D eigenvalue weighted by Crippen LogP contribution is -2.45. The molecule has 130 valence electrons.